The maximum Gasteiger partial charge on any atom is 0.239 e. The molecule has 1 aromatic rings. The van der Waals surface area contributed by atoms with Crippen molar-refractivity contribution in [3.05, 3.63) is 23.8 Å². The molecule has 0 unspecified atom stereocenters. The number of nitrogens with one attached hydrogen (secondary N) is 1. The number of anilines is 1. The number of primary sulfonamides is 1. The fraction of sp³-hybridized carbons (Fsp3) is 0.462. The van der Waals surface area contributed by atoms with Gasteiger partial charge in [0.15, 0.2) is 0 Å². The fourth-order valence-corrected chi connectivity index (χ4v) is 2.87. The van der Waals surface area contributed by atoms with Crippen LogP contribution < -0.4 is 15.4 Å². The highest BCUT2D eigenvalue weighted by molar-refractivity contribution is 7.89. The molecule has 1 amide bonds. The van der Waals surface area contributed by atoms with E-state index in [-0.39, 0.29) is 17.3 Å². The minimum Gasteiger partial charge on any atom is -0.383 e. The Morgan fingerprint density at radius 3 is 2.90 bits per heavy atom. The number of benzene rings is 1. The molecule has 1 heterocycles. The van der Waals surface area contributed by atoms with Crippen molar-refractivity contribution >= 4 is 21.6 Å². The molecular formula is C13H19N3O4S. The van der Waals surface area contributed by atoms with Crippen LogP contribution in [0.1, 0.15) is 5.56 Å². The van der Waals surface area contributed by atoms with Crippen LogP contribution in [0.3, 0.4) is 0 Å². The van der Waals surface area contributed by atoms with Gasteiger partial charge < -0.3 is 15.0 Å². The van der Waals surface area contributed by atoms with Crippen molar-refractivity contribution in [3.8, 4) is 0 Å². The Hall–Kier alpha value is -1.64. The fourth-order valence-electron chi connectivity index (χ4n) is 2.31. The molecule has 1 aliphatic rings. The van der Waals surface area contributed by atoms with Gasteiger partial charge in [0.1, 0.15) is 0 Å². The van der Waals surface area contributed by atoms with Crippen LogP contribution in [0, 0.1) is 0 Å². The Bertz CT molecular complexity index is 630. The zero-order valence-electron chi connectivity index (χ0n) is 11.8. The first-order valence-corrected chi connectivity index (χ1v) is 8.13. The van der Waals surface area contributed by atoms with Crippen molar-refractivity contribution in [2.75, 3.05) is 38.3 Å². The van der Waals surface area contributed by atoms with Gasteiger partial charge in [-0.2, -0.15) is 0 Å². The van der Waals surface area contributed by atoms with E-state index in [9.17, 15) is 13.2 Å². The summed E-state index contributed by atoms with van der Waals surface area (Å²) in [6, 6.07) is 4.74. The molecule has 0 spiro atoms. The van der Waals surface area contributed by atoms with E-state index >= 15 is 0 Å². The Morgan fingerprint density at radius 1 is 1.48 bits per heavy atom. The molecule has 2 rings (SSSR count). The van der Waals surface area contributed by atoms with Crippen molar-refractivity contribution in [3.63, 3.8) is 0 Å². The maximum absolute atomic E-state index is 11.8. The summed E-state index contributed by atoms with van der Waals surface area (Å²) in [5, 5.41) is 7.87. The van der Waals surface area contributed by atoms with Gasteiger partial charge in [0.05, 0.1) is 18.0 Å². The van der Waals surface area contributed by atoms with Gasteiger partial charge in [0.2, 0.25) is 15.9 Å². The predicted octanol–water partition coefficient (Wildman–Crippen LogP) is -0.541. The molecular weight excluding hydrogens is 294 g/mol. The normalized spacial score (nSPS) is 14.1. The van der Waals surface area contributed by atoms with Crippen LogP contribution in [0.5, 0.6) is 0 Å². The van der Waals surface area contributed by atoms with Gasteiger partial charge in [-0.05, 0) is 30.2 Å². The largest absolute Gasteiger partial charge is 0.383 e. The van der Waals surface area contributed by atoms with E-state index in [2.05, 4.69) is 5.32 Å². The van der Waals surface area contributed by atoms with Gasteiger partial charge in [-0.1, -0.05) is 0 Å². The number of hydrogen-bond donors (Lipinski definition) is 2. The minimum atomic E-state index is -3.69. The van der Waals surface area contributed by atoms with E-state index in [0.29, 0.717) is 26.1 Å². The zero-order chi connectivity index (χ0) is 15.5. The summed E-state index contributed by atoms with van der Waals surface area (Å²) < 4.78 is 27.5. The zero-order valence-corrected chi connectivity index (χ0v) is 12.6. The number of nitrogens with two attached hydrogens (primary N) is 1. The molecule has 0 saturated heterocycles. The lowest BCUT2D eigenvalue weighted by atomic mass is 10.2. The molecule has 7 nitrogen and oxygen atoms in total. The standard InChI is InChI=1S/C13H19N3O4S/c1-20-7-5-15-13(17)9-16-6-4-10-8-11(21(14,18)19)2-3-12(10)16/h2-3,8H,4-7,9H2,1H3,(H,15,17)(H2,14,18,19). The van der Waals surface area contributed by atoms with E-state index in [1.165, 1.54) is 6.07 Å². The van der Waals surface area contributed by atoms with Crippen LogP contribution in [-0.2, 0) is 26.0 Å². The molecule has 0 atom stereocenters. The molecule has 1 aliphatic heterocycles. The van der Waals surface area contributed by atoms with Gasteiger partial charge in [-0.3, -0.25) is 4.79 Å². The first kappa shape index (κ1) is 15.7. The average Bonchev–Trinajstić information content (AvgIpc) is 2.80. The van der Waals surface area contributed by atoms with Crippen molar-refractivity contribution < 1.29 is 17.9 Å². The number of rotatable bonds is 6. The minimum absolute atomic E-state index is 0.0876. The third kappa shape index (κ3) is 3.93. The third-order valence-corrected chi connectivity index (χ3v) is 4.25. The van der Waals surface area contributed by atoms with Crippen molar-refractivity contribution in [2.45, 2.75) is 11.3 Å². The van der Waals surface area contributed by atoms with Crippen molar-refractivity contribution in [2.24, 2.45) is 5.14 Å². The van der Waals surface area contributed by atoms with Crippen LogP contribution >= 0.6 is 0 Å². The lowest BCUT2D eigenvalue weighted by Gasteiger charge is -2.18. The van der Waals surface area contributed by atoms with Crippen molar-refractivity contribution in [1.29, 1.82) is 0 Å². The van der Waals surface area contributed by atoms with Gasteiger partial charge in [0, 0.05) is 25.9 Å². The summed E-state index contributed by atoms with van der Waals surface area (Å²) in [6.45, 7) is 1.87. The highest BCUT2D eigenvalue weighted by Gasteiger charge is 2.22. The molecule has 116 valence electrons. The van der Waals surface area contributed by atoms with Gasteiger partial charge in [-0.15, -0.1) is 0 Å². The van der Waals surface area contributed by atoms with Crippen molar-refractivity contribution in [1.82, 2.24) is 5.32 Å². The SMILES string of the molecule is COCCNC(=O)CN1CCc2cc(S(N)(=O)=O)ccc21. The number of amides is 1. The highest BCUT2D eigenvalue weighted by Crippen LogP contribution is 2.29. The lowest BCUT2D eigenvalue weighted by Crippen LogP contribution is -2.37. The second-order valence-corrected chi connectivity index (χ2v) is 6.41. The van der Waals surface area contributed by atoms with Crippen LogP contribution in [0.15, 0.2) is 23.1 Å². The van der Waals surface area contributed by atoms with Crippen LogP contribution in [0.4, 0.5) is 5.69 Å². The number of ether oxygens (including phenoxy) is 1. The number of nitrogens with zero attached hydrogens (tertiary/aromatic N) is 1. The molecule has 0 bridgehead atoms. The summed E-state index contributed by atoms with van der Waals surface area (Å²) >= 11 is 0. The molecule has 0 aromatic heterocycles. The summed E-state index contributed by atoms with van der Waals surface area (Å²) in [4.78, 5) is 13.8. The smallest absolute Gasteiger partial charge is 0.239 e. The van der Waals surface area contributed by atoms with Crippen LogP contribution in [0.2, 0.25) is 0 Å². The molecule has 0 radical (unpaired) electrons. The van der Waals surface area contributed by atoms with Gasteiger partial charge >= 0.3 is 0 Å². The number of carbonyl (C=O) groups excluding carboxylic acids is 1. The second-order valence-electron chi connectivity index (χ2n) is 4.85. The third-order valence-electron chi connectivity index (χ3n) is 3.33. The Labute approximate surface area is 124 Å². The Balaban J connectivity index is 2.04. The van der Waals surface area contributed by atoms with Crippen LogP contribution in [0.25, 0.3) is 0 Å². The number of hydrogen-bond acceptors (Lipinski definition) is 5. The summed E-state index contributed by atoms with van der Waals surface area (Å²) in [7, 11) is -2.12. The van der Waals surface area contributed by atoms with Gasteiger partial charge in [0.25, 0.3) is 0 Å². The average molecular weight is 313 g/mol. The van der Waals surface area contributed by atoms with E-state index in [0.717, 1.165) is 11.3 Å². The number of carbonyl (C=O) groups is 1. The molecule has 1 aromatic carbocycles. The predicted molar refractivity (Wildman–Crippen MR) is 78.6 cm³/mol. The summed E-state index contributed by atoms with van der Waals surface area (Å²) in [5.41, 5.74) is 1.77. The van der Waals surface area contributed by atoms with E-state index in [4.69, 9.17) is 9.88 Å². The Morgan fingerprint density at radius 2 is 2.24 bits per heavy atom. The number of sulfonamides is 1. The molecule has 3 N–H and O–H groups in total. The topological polar surface area (TPSA) is 102 Å². The molecule has 0 aliphatic carbocycles. The molecule has 8 heteroatoms. The maximum atomic E-state index is 11.8. The molecule has 21 heavy (non-hydrogen) atoms. The monoisotopic (exact) mass is 313 g/mol. The second kappa shape index (κ2) is 6.42. The first-order chi connectivity index (χ1) is 9.91. The summed E-state index contributed by atoms with van der Waals surface area (Å²) in [6.07, 6.45) is 0.698. The first-order valence-electron chi connectivity index (χ1n) is 6.58. The number of fused-ring (bicyclic) bond motifs is 1. The quantitative estimate of drug-likeness (QED) is 0.687. The van der Waals surface area contributed by atoms with Gasteiger partial charge in [-0.25, -0.2) is 13.6 Å². The van der Waals surface area contributed by atoms with E-state index in [1.807, 2.05) is 4.90 Å². The van der Waals surface area contributed by atoms with Crippen LogP contribution in [-0.4, -0.2) is 47.7 Å². The number of methoxy groups -OCH3 is 1. The van der Waals surface area contributed by atoms with E-state index in [1.54, 1.807) is 19.2 Å². The highest BCUT2D eigenvalue weighted by atomic mass is 32.2. The Kier molecular flexibility index (Phi) is 4.81. The lowest BCUT2D eigenvalue weighted by molar-refractivity contribution is -0.119. The summed E-state index contributed by atoms with van der Waals surface area (Å²) in [5.74, 6) is -0.0876. The van der Waals surface area contributed by atoms with E-state index < -0.39 is 10.0 Å². The molecule has 0 fully saturated rings. The molecule has 0 saturated carbocycles.